The van der Waals surface area contributed by atoms with Gasteiger partial charge in [-0.1, -0.05) is 19.3 Å². The summed E-state index contributed by atoms with van der Waals surface area (Å²) in [5.41, 5.74) is 5.99. The molecule has 5 heteroatoms. The molecular weight excluding hydrogens is 351 g/mol. The molecule has 0 spiro atoms. The summed E-state index contributed by atoms with van der Waals surface area (Å²) in [7, 11) is 4.28. The molecule has 4 nitrogen and oxygen atoms in total. The molecule has 2 aliphatic rings. The van der Waals surface area contributed by atoms with Crippen molar-refractivity contribution in [3.8, 4) is 0 Å². The molecule has 0 heterocycles. The van der Waals surface area contributed by atoms with Gasteiger partial charge in [0.25, 0.3) is 0 Å². The second kappa shape index (κ2) is 8.29. The molecule has 0 amide bonds. The Balaban J connectivity index is 0.00000180. The zero-order valence-electron chi connectivity index (χ0n) is 12.3. The van der Waals surface area contributed by atoms with Gasteiger partial charge in [0.15, 0.2) is 5.96 Å². The summed E-state index contributed by atoms with van der Waals surface area (Å²) < 4.78 is 0. The van der Waals surface area contributed by atoms with Gasteiger partial charge in [-0.3, -0.25) is 4.99 Å². The van der Waals surface area contributed by atoms with Gasteiger partial charge in [0.2, 0.25) is 0 Å². The Labute approximate surface area is 134 Å². The van der Waals surface area contributed by atoms with Gasteiger partial charge in [-0.25, -0.2) is 0 Å². The van der Waals surface area contributed by atoms with Gasteiger partial charge in [-0.15, -0.1) is 24.0 Å². The van der Waals surface area contributed by atoms with Crippen molar-refractivity contribution in [2.24, 2.45) is 16.6 Å². The minimum absolute atomic E-state index is 0. The number of nitrogens with zero attached hydrogens (tertiary/aromatic N) is 2. The summed E-state index contributed by atoms with van der Waals surface area (Å²) in [6, 6.07) is 1.12. The molecule has 112 valence electrons. The molecule has 1 unspecified atom stereocenters. The van der Waals surface area contributed by atoms with Crippen molar-refractivity contribution >= 4 is 29.9 Å². The quantitative estimate of drug-likeness (QED) is 0.437. The van der Waals surface area contributed by atoms with E-state index in [-0.39, 0.29) is 24.0 Å². The zero-order valence-corrected chi connectivity index (χ0v) is 14.6. The maximum Gasteiger partial charge on any atom is 0.188 e. The fraction of sp³-hybridized carbons (Fsp3) is 0.929. The van der Waals surface area contributed by atoms with Gasteiger partial charge in [-0.05, 0) is 45.7 Å². The van der Waals surface area contributed by atoms with E-state index < -0.39 is 0 Å². The van der Waals surface area contributed by atoms with E-state index in [0.717, 1.165) is 12.5 Å². The van der Waals surface area contributed by atoms with E-state index in [1.807, 2.05) is 0 Å². The molecular formula is C14H29IN4. The van der Waals surface area contributed by atoms with Crippen LogP contribution in [0.25, 0.3) is 0 Å². The summed E-state index contributed by atoms with van der Waals surface area (Å²) in [5.74, 6) is 1.49. The van der Waals surface area contributed by atoms with Crippen LogP contribution in [-0.4, -0.2) is 43.6 Å². The normalized spacial score (nSPS) is 23.0. The Hall–Kier alpha value is -0.0400. The highest BCUT2D eigenvalue weighted by Gasteiger charge is 2.32. The molecule has 0 radical (unpaired) electrons. The lowest BCUT2D eigenvalue weighted by Gasteiger charge is -2.25. The highest BCUT2D eigenvalue weighted by atomic mass is 127. The molecule has 0 aromatic heterocycles. The number of hydrogen-bond acceptors (Lipinski definition) is 2. The van der Waals surface area contributed by atoms with Crippen LogP contribution in [-0.2, 0) is 0 Å². The third kappa shape index (κ3) is 5.85. The van der Waals surface area contributed by atoms with E-state index >= 15 is 0 Å². The predicted octanol–water partition coefficient (Wildman–Crippen LogP) is 2.18. The highest BCUT2D eigenvalue weighted by molar-refractivity contribution is 14.0. The van der Waals surface area contributed by atoms with Crippen LogP contribution in [0.2, 0.25) is 0 Å². The molecule has 3 N–H and O–H groups in total. The molecule has 2 saturated carbocycles. The zero-order chi connectivity index (χ0) is 13.0. The molecule has 2 fully saturated rings. The van der Waals surface area contributed by atoms with Crippen molar-refractivity contribution in [1.29, 1.82) is 0 Å². The predicted molar refractivity (Wildman–Crippen MR) is 92.1 cm³/mol. The van der Waals surface area contributed by atoms with Crippen molar-refractivity contribution in [2.75, 3.05) is 20.6 Å². The summed E-state index contributed by atoms with van der Waals surface area (Å²) in [6.07, 6.45) is 9.23. The average Bonchev–Trinajstić information content (AvgIpc) is 3.14. The van der Waals surface area contributed by atoms with E-state index in [4.69, 9.17) is 5.73 Å². The maximum absolute atomic E-state index is 5.99. The summed E-state index contributed by atoms with van der Waals surface area (Å²) >= 11 is 0. The van der Waals surface area contributed by atoms with Crippen LogP contribution in [0, 0.1) is 5.92 Å². The minimum Gasteiger partial charge on any atom is -0.370 e. The molecule has 1 atom stereocenters. The Bertz CT molecular complexity index is 281. The third-order valence-electron chi connectivity index (χ3n) is 4.24. The number of guanidine groups is 1. The molecule has 0 aliphatic heterocycles. The van der Waals surface area contributed by atoms with Crippen LogP contribution in [0.15, 0.2) is 4.99 Å². The SMILES string of the molecule is CN(C)C(CN=C(N)NC1CCCCC1)C1CC1.I. The molecule has 0 aromatic rings. The lowest BCUT2D eigenvalue weighted by Crippen LogP contribution is -2.42. The second-order valence-corrected chi connectivity index (χ2v) is 6.07. The standard InChI is InChI=1S/C14H28N4.HI/c1-18(2)13(11-8-9-11)10-16-14(15)17-12-6-4-3-5-7-12;/h11-13H,3-10H2,1-2H3,(H3,15,16,17);1H. The molecule has 0 saturated heterocycles. The largest absolute Gasteiger partial charge is 0.370 e. The maximum atomic E-state index is 5.99. The van der Waals surface area contributed by atoms with Gasteiger partial charge in [0.05, 0.1) is 6.54 Å². The first-order valence-corrected chi connectivity index (χ1v) is 7.39. The van der Waals surface area contributed by atoms with E-state index in [1.54, 1.807) is 0 Å². The summed E-state index contributed by atoms with van der Waals surface area (Å²) in [5, 5.41) is 3.38. The van der Waals surface area contributed by atoms with E-state index in [0.29, 0.717) is 18.0 Å². The first-order valence-electron chi connectivity index (χ1n) is 7.39. The molecule has 0 bridgehead atoms. The van der Waals surface area contributed by atoms with E-state index in [2.05, 4.69) is 29.3 Å². The van der Waals surface area contributed by atoms with Crippen molar-refractivity contribution in [3.05, 3.63) is 0 Å². The van der Waals surface area contributed by atoms with Gasteiger partial charge < -0.3 is 16.0 Å². The Morgan fingerprint density at radius 2 is 1.84 bits per heavy atom. The lowest BCUT2D eigenvalue weighted by atomic mass is 9.96. The fourth-order valence-corrected chi connectivity index (χ4v) is 2.91. The molecule has 2 aliphatic carbocycles. The van der Waals surface area contributed by atoms with Crippen molar-refractivity contribution in [2.45, 2.75) is 57.0 Å². The Kier molecular flexibility index (Phi) is 7.42. The van der Waals surface area contributed by atoms with Crippen molar-refractivity contribution < 1.29 is 0 Å². The van der Waals surface area contributed by atoms with Crippen LogP contribution >= 0.6 is 24.0 Å². The van der Waals surface area contributed by atoms with Gasteiger partial charge >= 0.3 is 0 Å². The van der Waals surface area contributed by atoms with Crippen LogP contribution in [0.4, 0.5) is 0 Å². The monoisotopic (exact) mass is 380 g/mol. The lowest BCUT2D eigenvalue weighted by molar-refractivity contribution is 0.271. The van der Waals surface area contributed by atoms with Crippen LogP contribution in [0.5, 0.6) is 0 Å². The number of aliphatic imine (C=N–C) groups is 1. The van der Waals surface area contributed by atoms with Crippen LogP contribution in [0.3, 0.4) is 0 Å². The Morgan fingerprint density at radius 3 is 2.37 bits per heavy atom. The number of rotatable bonds is 5. The fourth-order valence-electron chi connectivity index (χ4n) is 2.91. The summed E-state index contributed by atoms with van der Waals surface area (Å²) in [6.45, 7) is 0.837. The van der Waals surface area contributed by atoms with Gasteiger partial charge in [0.1, 0.15) is 0 Å². The average molecular weight is 380 g/mol. The van der Waals surface area contributed by atoms with E-state index in [9.17, 15) is 0 Å². The molecule has 19 heavy (non-hydrogen) atoms. The smallest absolute Gasteiger partial charge is 0.188 e. The topological polar surface area (TPSA) is 53.6 Å². The number of hydrogen-bond donors (Lipinski definition) is 2. The minimum atomic E-state index is 0. The molecule has 2 rings (SSSR count). The first-order chi connectivity index (χ1) is 8.66. The number of nitrogens with two attached hydrogens (primary N) is 1. The Morgan fingerprint density at radius 1 is 1.21 bits per heavy atom. The number of likely N-dealkylation sites (N-methyl/N-ethyl adjacent to an activating group) is 1. The number of halogens is 1. The molecule has 0 aromatic carbocycles. The first kappa shape index (κ1) is 17.0. The van der Waals surface area contributed by atoms with Crippen molar-refractivity contribution in [3.63, 3.8) is 0 Å². The highest BCUT2D eigenvalue weighted by Crippen LogP contribution is 2.34. The van der Waals surface area contributed by atoms with Gasteiger partial charge in [-0.2, -0.15) is 0 Å². The second-order valence-electron chi connectivity index (χ2n) is 6.07. The van der Waals surface area contributed by atoms with Crippen molar-refractivity contribution in [1.82, 2.24) is 10.2 Å². The van der Waals surface area contributed by atoms with Crippen LogP contribution in [0.1, 0.15) is 44.9 Å². The summed E-state index contributed by atoms with van der Waals surface area (Å²) in [4.78, 5) is 6.83. The van der Waals surface area contributed by atoms with Crippen LogP contribution < -0.4 is 11.1 Å². The van der Waals surface area contributed by atoms with E-state index in [1.165, 1.54) is 44.9 Å². The third-order valence-corrected chi connectivity index (χ3v) is 4.24. The van der Waals surface area contributed by atoms with Gasteiger partial charge in [0, 0.05) is 12.1 Å². The number of nitrogens with one attached hydrogen (secondary N) is 1.